The molecule has 0 amide bonds. The number of nitrogens with one attached hydrogen (secondary N) is 1. The van der Waals surface area contributed by atoms with Crippen molar-refractivity contribution in [1.29, 1.82) is 0 Å². The molecule has 102 valence electrons. The predicted octanol–water partition coefficient (Wildman–Crippen LogP) is 0.777. The minimum Gasteiger partial charge on any atom is -0.480 e. The Labute approximate surface area is 107 Å². The van der Waals surface area contributed by atoms with Crippen molar-refractivity contribution in [2.75, 3.05) is 19.8 Å². The van der Waals surface area contributed by atoms with Crippen molar-refractivity contribution in [3.05, 3.63) is 0 Å². The second-order valence-electron chi connectivity index (χ2n) is 5.77. The summed E-state index contributed by atoms with van der Waals surface area (Å²) in [4.78, 5) is 11.7. The Morgan fingerprint density at radius 3 is 2.61 bits per heavy atom. The summed E-state index contributed by atoms with van der Waals surface area (Å²) in [5, 5.41) is 12.9. The van der Waals surface area contributed by atoms with Crippen molar-refractivity contribution in [1.82, 2.24) is 5.32 Å². The first-order chi connectivity index (χ1) is 8.71. The first kappa shape index (κ1) is 12.4. The fraction of sp³-hybridized carbons (Fsp3) is 0.923. The molecule has 3 aliphatic rings. The quantitative estimate of drug-likeness (QED) is 0.703. The minimum absolute atomic E-state index is 0.0727. The van der Waals surface area contributed by atoms with Crippen molar-refractivity contribution in [2.24, 2.45) is 5.92 Å². The molecule has 5 nitrogen and oxygen atoms in total. The molecule has 2 aliphatic carbocycles. The molecule has 2 saturated carbocycles. The van der Waals surface area contributed by atoms with Gasteiger partial charge in [0.1, 0.15) is 5.54 Å². The van der Waals surface area contributed by atoms with Gasteiger partial charge in [0.05, 0.1) is 19.3 Å². The lowest BCUT2D eigenvalue weighted by Gasteiger charge is -2.31. The van der Waals surface area contributed by atoms with Crippen LogP contribution in [0.2, 0.25) is 0 Å². The molecule has 3 fully saturated rings. The van der Waals surface area contributed by atoms with E-state index < -0.39 is 11.5 Å². The van der Waals surface area contributed by atoms with Crippen molar-refractivity contribution < 1.29 is 19.4 Å². The summed E-state index contributed by atoms with van der Waals surface area (Å²) in [6.45, 7) is 1.60. The van der Waals surface area contributed by atoms with Crippen LogP contribution in [-0.2, 0) is 14.3 Å². The van der Waals surface area contributed by atoms with Crippen LogP contribution < -0.4 is 5.32 Å². The van der Waals surface area contributed by atoms with Gasteiger partial charge in [0.2, 0.25) is 0 Å². The van der Waals surface area contributed by atoms with Gasteiger partial charge in [-0.2, -0.15) is 0 Å². The fourth-order valence-electron chi connectivity index (χ4n) is 2.64. The average molecular weight is 255 g/mol. The molecule has 1 aliphatic heterocycles. The zero-order valence-corrected chi connectivity index (χ0v) is 10.6. The van der Waals surface area contributed by atoms with Gasteiger partial charge >= 0.3 is 5.97 Å². The summed E-state index contributed by atoms with van der Waals surface area (Å²) >= 11 is 0. The maximum atomic E-state index is 11.7. The number of ether oxygens (including phenoxy) is 2. The summed E-state index contributed by atoms with van der Waals surface area (Å²) in [6.07, 6.45) is 5.13. The van der Waals surface area contributed by atoms with Crippen LogP contribution in [0.1, 0.15) is 32.1 Å². The van der Waals surface area contributed by atoms with E-state index in [2.05, 4.69) is 5.32 Å². The van der Waals surface area contributed by atoms with Crippen molar-refractivity contribution >= 4 is 5.97 Å². The zero-order valence-electron chi connectivity index (χ0n) is 10.6. The van der Waals surface area contributed by atoms with Gasteiger partial charge in [-0.05, 0) is 38.0 Å². The lowest BCUT2D eigenvalue weighted by Crippen LogP contribution is -2.58. The molecule has 2 unspecified atom stereocenters. The van der Waals surface area contributed by atoms with Gasteiger partial charge in [0.25, 0.3) is 0 Å². The first-order valence-corrected chi connectivity index (χ1v) is 6.91. The number of hydrogen-bond donors (Lipinski definition) is 2. The highest BCUT2D eigenvalue weighted by atomic mass is 16.5. The predicted molar refractivity (Wildman–Crippen MR) is 64.4 cm³/mol. The van der Waals surface area contributed by atoms with Crippen LogP contribution in [0.15, 0.2) is 0 Å². The van der Waals surface area contributed by atoms with Crippen molar-refractivity contribution in [2.45, 2.75) is 49.8 Å². The molecule has 5 heteroatoms. The number of carboxylic acids is 1. The van der Waals surface area contributed by atoms with Crippen LogP contribution in [0.4, 0.5) is 0 Å². The molecule has 0 bridgehead atoms. The highest BCUT2D eigenvalue weighted by Gasteiger charge is 2.53. The van der Waals surface area contributed by atoms with Gasteiger partial charge < -0.3 is 14.6 Å². The van der Waals surface area contributed by atoms with E-state index in [4.69, 9.17) is 9.47 Å². The van der Waals surface area contributed by atoms with E-state index in [-0.39, 0.29) is 18.6 Å². The standard InChI is InChI=1S/C13H21NO4/c15-12(16)13(9-1-2-9,14-10-3-4-10)8-18-11-5-6-17-7-11/h9-11,14H,1-8H2,(H,15,16). The summed E-state index contributed by atoms with van der Waals surface area (Å²) < 4.78 is 11.1. The Kier molecular flexibility index (Phi) is 3.30. The van der Waals surface area contributed by atoms with Crippen molar-refractivity contribution in [3.8, 4) is 0 Å². The Morgan fingerprint density at radius 2 is 2.11 bits per heavy atom. The van der Waals surface area contributed by atoms with Crippen LogP contribution in [0, 0.1) is 5.92 Å². The maximum Gasteiger partial charge on any atom is 0.326 e. The third-order valence-electron chi connectivity index (χ3n) is 4.13. The lowest BCUT2D eigenvalue weighted by molar-refractivity contribution is -0.150. The van der Waals surface area contributed by atoms with Crippen molar-refractivity contribution in [3.63, 3.8) is 0 Å². The molecule has 1 heterocycles. The molecule has 0 radical (unpaired) electrons. The number of aliphatic carboxylic acids is 1. The van der Waals surface area contributed by atoms with Gasteiger partial charge in [0, 0.05) is 12.6 Å². The molecule has 0 spiro atoms. The van der Waals surface area contributed by atoms with Gasteiger partial charge in [0.15, 0.2) is 0 Å². The largest absolute Gasteiger partial charge is 0.480 e. The molecule has 0 aromatic heterocycles. The summed E-state index contributed by atoms with van der Waals surface area (Å²) in [6, 6.07) is 0.380. The molecule has 3 rings (SSSR count). The van der Waals surface area contributed by atoms with E-state index in [0.29, 0.717) is 12.6 Å². The van der Waals surface area contributed by atoms with E-state index in [1.54, 1.807) is 0 Å². The monoisotopic (exact) mass is 255 g/mol. The summed E-state index contributed by atoms with van der Waals surface area (Å²) in [7, 11) is 0. The van der Waals surface area contributed by atoms with E-state index in [9.17, 15) is 9.90 Å². The molecule has 2 atom stereocenters. The van der Waals surface area contributed by atoms with Gasteiger partial charge in [-0.1, -0.05) is 0 Å². The van der Waals surface area contributed by atoms with E-state index >= 15 is 0 Å². The summed E-state index contributed by atoms with van der Waals surface area (Å²) in [5.41, 5.74) is -0.857. The highest BCUT2D eigenvalue weighted by molar-refractivity contribution is 5.80. The Hall–Kier alpha value is -0.650. The third-order valence-corrected chi connectivity index (χ3v) is 4.13. The SMILES string of the molecule is O=C(O)C(COC1CCOC1)(NC1CC1)C1CC1. The van der Waals surface area contributed by atoms with E-state index in [0.717, 1.165) is 38.7 Å². The first-order valence-electron chi connectivity index (χ1n) is 6.91. The minimum atomic E-state index is -0.857. The van der Waals surface area contributed by atoms with E-state index in [1.807, 2.05) is 0 Å². The molecule has 18 heavy (non-hydrogen) atoms. The lowest BCUT2D eigenvalue weighted by atomic mass is 9.94. The average Bonchev–Trinajstić information content (AvgIpc) is 3.25. The second-order valence-corrected chi connectivity index (χ2v) is 5.77. The fourth-order valence-corrected chi connectivity index (χ4v) is 2.64. The summed E-state index contributed by atoms with van der Waals surface area (Å²) in [5.74, 6) is -0.520. The molecule has 2 N–H and O–H groups in total. The zero-order chi connectivity index (χ0) is 12.6. The number of rotatable bonds is 7. The van der Waals surface area contributed by atoms with E-state index in [1.165, 1.54) is 0 Å². The normalized spacial score (nSPS) is 31.2. The smallest absolute Gasteiger partial charge is 0.326 e. The Morgan fingerprint density at radius 1 is 1.33 bits per heavy atom. The maximum absolute atomic E-state index is 11.7. The third kappa shape index (κ3) is 2.53. The second kappa shape index (κ2) is 4.79. The number of carbonyl (C=O) groups is 1. The number of carboxylic acid groups (broad SMARTS) is 1. The molecule has 1 saturated heterocycles. The molecular formula is C13H21NO4. The van der Waals surface area contributed by atoms with Crippen LogP contribution in [-0.4, -0.2) is 48.6 Å². The van der Waals surface area contributed by atoms with Crippen LogP contribution in [0.5, 0.6) is 0 Å². The molecule has 0 aromatic carbocycles. The number of hydrogen-bond acceptors (Lipinski definition) is 4. The van der Waals surface area contributed by atoms with Crippen LogP contribution in [0.3, 0.4) is 0 Å². The molecular weight excluding hydrogens is 234 g/mol. The van der Waals surface area contributed by atoms with Gasteiger partial charge in [-0.3, -0.25) is 10.1 Å². The topological polar surface area (TPSA) is 67.8 Å². The van der Waals surface area contributed by atoms with Gasteiger partial charge in [-0.25, -0.2) is 0 Å². The highest BCUT2D eigenvalue weighted by Crippen LogP contribution is 2.42. The van der Waals surface area contributed by atoms with Crippen LogP contribution >= 0.6 is 0 Å². The Bertz CT molecular complexity index is 321. The molecule has 0 aromatic rings. The van der Waals surface area contributed by atoms with Crippen LogP contribution in [0.25, 0.3) is 0 Å². The van der Waals surface area contributed by atoms with Gasteiger partial charge in [-0.15, -0.1) is 0 Å². The Balaban J connectivity index is 1.64.